The SMILES string of the molecule is CC1(C)CC(OC(=O)c2ccc(CN(O)Cc3ccc(C(=O)OC4CC(C)(C)NC(C)(C)C4)cc3)cc2)CC(C)(C)N1. The Kier molecular flexibility index (Phi) is 9.24. The molecule has 2 aromatic carbocycles. The Morgan fingerprint density at radius 3 is 1.21 bits per heavy atom. The number of rotatable bonds is 8. The van der Waals surface area contributed by atoms with Gasteiger partial charge in [0, 0.05) is 60.9 Å². The largest absolute Gasteiger partial charge is 0.459 e. The zero-order valence-electron chi connectivity index (χ0n) is 26.5. The van der Waals surface area contributed by atoms with Crippen molar-refractivity contribution in [1.82, 2.24) is 15.7 Å². The van der Waals surface area contributed by atoms with Gasteiger partial charge in [-0.05, 0) is 90.8 Å². The fourth-order valence-electron chi connectivity index (χ4n) is 7.03. The van der Waals surface area contributed by atoms with E-state index in [0.717, 1.165) is 36.8 Å². The summed E-state index contributed by atoms with van der Waals surface area (Å²) < 4.78 is 11.7. The molecule has 0 radical (unpaired) electrons. The number of piperidine rings is 2. The van der Waals surface area contributed by atoms with Crippen LogP contribution in [-0.4, -0.2) is 56.6 Å². The van der Waals surface area contributed by atoms with E-state index in [1.165, 1.54) is 5.06 Å². The van der Waals surface area contributed by atoms with E-state index in [1.54, 1.807) is 24.3 Å². The number of benzene rings is 2. The standard InChI is InChI=1S/C34H49N3O5/c1-31(2)17-27(18-32(3,4)35-31)41-29(38)25-13-9-23(10-14-25)21-37(40)22-24-11-15-26(16-12-24)30(39)42-28-19-33(5,6)36-34(7,8)20-28/h9-16,27-28,35-36,40H,17-22H2,1-8H3. The first-order chi connectivity index (χ1) is 19.4. The van der Waals surface area contributed by atoms with Gasteiger partial charge in [0.2, 0.25) is 0 Å². The molecule has 3 N–H and O–H groups in total. The second-order valence-corrected chi connectivity index (χ2v) is 14.9. The quantitative estimate of drug-likeness (QED) is 0.258. The lowest BCUT2D eigenvalue weighted by molar-refractivity contribution is -0.108. The molecule has 0 aliphatic carbocycles. The molecule has 0 unspecified atom stereocenters. The zero-order chi connectivity index (χ0) is 30.9. The lowest BCUT2D eigenvalue weighted by atomic mass is 9.81. The van der Waals surface area contributed by atoms with Crippen LogP contribution in [0.5, 0.6) is 0 Å². The third kappa shape index (κ3) is 9.11. The molecular formula is C34H49N3O5. The van der Waals surface area contributed by atoms with Gasteiger partial charge in [-0.25, -0.2) is 9.59 Å². The smallest absolute Gasteiger partial charge is 0.338 e. The first-order valence-electron chi connectivity index (χ1n) is 15.0. The third-order valence-electron chi connectivity index (χ3n) is 7.96. The number of nitrogens with zero attached hydrogens (tertiary/aromatic N) is 1. The maximum atomic E-state index is 12.8. The Bertz CT molecular complexity index is 1120. The molecule has 8 nitrogen and oxygen atoms in total. The molecule has 2 saturated heterocycles. The van der Waals surface area contributed by atoms with Gasteiger partial charge in [0.1, 0.15) is 12.2 Å². The van der Waals surface area contributed by atoms with Crippen molar-refractivity contribution in [1.29, 1.82) is 0 Å². The molecule has 2 aromatic rings. The van der Waals surface area contributed by atoms with Crippen LogP contribution in [0.15, 0.2) is 48.5 Å². The van der Waals surface area contributed by atoms with Crippen molar-refractivity contribution in [3.05, 3.63) is 70.8 Å². The molecule has 0 atom stereocenters. The van der Waals surface area contributed by atoms with Crippen LogP contribution in [0, 0.1) is 0 Å². The van der Waals surface area contributed by atoms with Gasteiger partial charge in [-0.15, -0.1) is 0 Å². The van der Waals surface area contributed by atoms with Crippen LogP contribution < -0.4 is 10.6 Å². The average Bonchev–Trinajstić information content (AvgIpc) is 2.80. The number of nitrogens with one attached hydrogen (secondary N) is 2. The summed E-state index contributed by atoms with van der Waals surface area (Å²) in [5.74, 6) is -0.654. The predicted molar refractivity (Wildman–Crippen MR) is 163 cm³/mol. The number of hydrogen-bond acceptors (Lipinski definition) is 8. The number of carbonyl (C=O) groups excluding carboxylic acids is 2. The fraction of sp³-hybridized carbons (Fsp3) is 0.588. The Morgan fingerprint density at radius 2 is 0.929 bits per heavy atom. The summed E-state index contributed by atoms with van der Waals surface area (Å²) in [7, 11) is 0. The monoisotopic (exact) mass is 579 g/mol. The van der Waals surface area contributed by atoms with E-state index < -0.39 is 0 Å². The van der Waals surface area contributed by atoms with Crippen molar-refractivity contribution in [3.63, 3.8) is 0 Å². The predicted octanol–water partition coefficient (Wildman–Crippen LogP) is 6.01. The molecule has 2 fully saturated rings. The van der Waals surface area contributed by atoms with Gasteiger partial charge in [-0.1, -0.05) is 24.3 Å². The van der Waals surface area contributed by atoms with Gasteiger partial charge >= 0.3 is 11.9 Å². The molecule has 8 heteroatoms. The summed E-state index contributed by atoms with van der Waals surface area (Å²) in [6.07, 6.45) is 2.75. The Hall–Kier alpha value is -2.78. The Labute approximate surface area is 251 Å². The topological polar surface area (TPSA) is 100 Å². The van der Waals surface area contributed by atoms with Crippen molar-refractivity contribution in [2.24, 2.45) is 0 Å². The molecule has 0 amide bonds. The summed E-state index contributed by atoms with van der Waals surface area (Å²) in [5, 5.41) is 19.0. The summed E-state index contributed by atoms with van der Waals surface area (Å²) in [5.41, 5.74) is 2.31. The lowest BCUT2D eigenvalue weighted by Crippen LogP contribution is -2.59. The minimum atomic E-state index is -0.327. The molecule has 0 bridgehead atoms. The van der Waals surface area contributed by atoms with Crippen LogP contribution in [0.25, 0.3) is 0 Å². The van der Waals surface area contributed by atoms with Crippen LogP contribution in [0.3, 0.4) is 0 Å². The minimum Gasteiger partial charge on any atom is -0.459 e. The number of hydrogen-bond donors (Lipinski definition) is 3. The summed E-state index contributed by atoms with van der Waals surface area (Å²) >= 11 is 0. The molecule has 2 aliphatic rings. The number of hydroxylamine groups is 2. The first kappa shape index (κ1) is 32.1. The normalized spacial score (nSPS) is 21.6. The van der Waals surface area contributed by atoms with Crippen LogP contribution >= 0.6 is 0 Å². The molecule has 2 heterocycles. The van der Waals surface area contributed by atoms with E-state index in [1.807, 2.05) is 24.3 Å². The summed E-state index contributed by atoms with van der Waals surface area (Å²) in [6.45, 7) is 17.6. The van der Waals surface area contributed by atoms with Gasteiger partial charge in [0.25, 0.3) is 0 Å². The average molecular weight is 580 g/mol. The van der Waals surface area contributed by atoms with E-state index in [4.69, 9.17) is 9.47 Å². The van der Waals surface area contributed by atoms with Crippen molar-refractivity contribution >= 4 is 11.9 Å². The lowest BCUT2D eigenvalue weighted by Gasteiger charge is -2.45. The van der Waals surface area contributed by atoms with E-state index >= 15 is 0 Å². The number of ether oxygens (including phenoxy) is 2. The Balaban J connectivity index is 1.26. The van der Waals surface area contributed by atoms with Crippen molar-refractivity contribution in [2.75, 3.05) is 0 Å². The maximum Gasteiger partial charge on any atom is 0.338 e. The van der Waals surface area contributed by atoms with Crippen molar-refractivity contribution in [2.45, 2.75) is 129 Å². The molecule has 4 rings (SSSR count). The van der Waals surface area contributed by atoms with Gasteiger partial charge in [0.15, 0.2) is 0 Å². The second-order valence-electron chi connectivity index (χ2n) is 14.9. The molecule has 2 aliphatic heterocycles. The summed E-state index contributed by atoms with van der Waals surface area (Å²) in [4.78, 5) is 25.6. The van der Waals surface area contributed by atoms with Crippen LogP contribution in [0.4, 0.5) is 0 Å². The van der Waals surface area contributed by atoms with E-state index in [2.05, 4.69) is 66.0 Å². The highest BCUT2D eigenvalue weighted by Gasteiger charge is 2.40. The van der Waals surface area contributed by atoms with Crippen molar-refractivity contribution in [3.8, 4) is 0 Å². The second kappa shape index (κ2) is 12.1. The van der Waals surface area contributed by atoms with Gasteiger partial charge < -0.3 is 25.3 Å². The van der Waals surface area contributed by atoms with Crippen LogP contribution in [-0.2, 0) is 22.6 Å². The molecule has 230 valence electrons. The fourth-order valence-corrected chi connectivity index (χ4v) is 7.03. The zero-order valence-corrected chi connectivity index (χ0v) is 26.5. The first-order valence-corrected chi connectivity index (χ1v) is 15.0. The van der Waals surface area contributed by atoms with Crippen LogP contribution in [0.1, 0.15) is 113 Å². The van der Waals surface area contributed by atoms with Gasteiger partial charge in [-0.2, -0.15) is 5.06 Å². The summed E-state index contributed by atoms with van der Waals surface area (Å²) in [6, 6.07) is 14.3. The van der Waals surface area contributed by atoms with E-state index in [0.29, 0.717) is 11.1 Å². The van der Waals surface area contributed by atoms with Crippen LogP contribution in [0.2, 0.25) is 0 Å². The number of carbonyl (C=O) groups is 2. The highest BCUT2D eigenvalue weighted by Crippen LogP contribution is 2.32. The molecule has 42 heavy (non-hydrogen) atoms. The van der Waals surface area contributed by atoms with Gasteiger partial charge in [-0.3, -0.25) is 0 Å². The van der Waals surface area contributed by atoms with E-state index in [-0.39, 0.29) is 59.4 Å². The maximum absolute atomic E-state index is 12.8. The molecule has 0 saturated carbocycles. The van der Waals surface area contributed by atoms with Crippen molar-refractivity contribution < 1.29 is 24.3 Å². The third-order valence-corrected chi connectivity index (χ3v) is 7.96. The highest BCUT2D eigenvalue weighted by atomic mass is 16.5. The molecular weight excluding hydrogens is 530 g/mol. The number of esters is 2. The minimum absolute atomic E-state index is 0.105. The molecule has 0 aromatic heterocycles. The molecule has 0 spiro atoms. The highest BCUT2D eigenvalue weighted by molar-refractivity contribution is 5.90. The Morgan fingerprint density at radius 1 is 0.643 bits per heavy atom. The van der Waals surface area contributed by atoms with E-state index in [9.17, 15) is 14.8 Å². The van der Waals surface area contributed by atoms with Gasteiger partial charge in [0.05, 0.1) is 11.1 Å².